The number of carbonyl (C=O) groups is 3. The number of amides is 3. The molecule has 0 spiro atoms. The molecule has 0 radical (unpaired) electrons. The summed E-state index contributed by atoms with van der Waals surface area (Å²) in [6.45, 7) is 7.42. The van der Waals surface area contributed by atoms with Crippen LogP contribution in [-0.4, -0.2) is 60.2 Å². The van der Waals surface area contributed by atoms with E-state index < -0.39 is 60.2 Å². The van der Waals surface area contributed by atoms with Crippen LogP contribution in [0.1, 0.15) is 50.0 Å². The van der Waals surface area contributed by atoms with Crippen molar-refractivity contribution in [2.45, 2.75) is 83.2 Å². The average molecular weight is 632 g/mol. The highest BCUT2D eigenvalue weighted by Crippen LogP contribution is 2.40. The number of benzene rings is 3. The molecule has 11 nitrogen and oxygen atoms in total. The van der Waals surface area contributed by atoms with Crippen LogP contribution in [0.2, 0.25) is 0 Å². The van der Waals surface area contributed by atoms with E-state index >= 15 is 0 Å². The van der Waals surface area contributed by atoms with Crippen LogP contribution in [0.3, 0.4) is 0 Å². The van der Waals surface area contributed by atoms with Gasteiger partial charge in [-0.05, 0) is 49.6 Å². The maximum Gasteiger partial charge on any atom is 0.255 e. The Morgan fingerprint density at radius 2 is 1.54 bits per heavy atom. The van der Waals surface area contributed by atoms with Crippen molar-refractivity contribution in [1.82, 2.24) is 10.6 Å². The second kappa shape index (κ2) is 14.4. The summed E-state index contributed by atoms with van der Waals surface area (Å²) >= 11 is 0. The van der Waals surface area contributed by atoms with Crippen LogP contribution in [0.25, 0.3) is 0 Å². The molecule has 6 atom stereocenters. The second-order valence-corrected chi connectivity index (χ2v) is 12.2. The summed E-state index contributed by atoms with van der Waals surface area (Å²) in [4.78, 5) is 39.6. The topological polar surface area (TPSA) is 147 Å². The lowest BCUT2D eigenvalue weighted by molar-refractivity contribution is -0.222. The van der Waals surface area contributed by atoms with E-state index in [0.29, 0.717) is 11.5 Å². The molecule has 0 bridgehead atoms. The molecular formula is C35H41N3O8. The minimum absolute atomic E-state index is 0.239. The van der Waals surface area contributed by atoms with E-state index in [4.69, 9.17) is 29.4 Å². The van der Waals surface area contributed by atoms with Gasteiger partial charge in [0.2, 0.25) is 11.8 Å². The lowest BCUT2D eigenvalue weighted by Gasteiger charge is -2.32. The number of nitrogens with two attached hydrogens (primary N) is 1. The first-order valence-electron chi connectivity index (χ1n) is 15.4. The van der Waals surface area contributed by atoms with Gasteiger partial charge < -0.3 is 40.1 Å². The Kier molecular flexibility index (Phi) is 10.4. The summed E-state index contributed by atoms with van der Waals surface area (Å²) in [7, 11) is 0. The van der Waals surface area contributed by atoms with Gasteiger partial charge in [0.15, 0.2) is 12.1 Å². The van der Waals surface area contributed by atoms with Crippen molar-refractivity contribution in [2.75, 3.05) is 0 Å². The van der Waals surface area contributed by atoms with Crippen molar-refractivity contribution < 1.29 is 38.1 Å². The summed E-state index contributed by atoms with van der Waals surface area (Å²) in [5.74, 6) is -1.98. The summed E-state index contributed by atoms with van der Waals surface area (Å²) < 4.78 is 30.6. The molecular weight excluding hydrogens is 590 g/mol. The number of hydrogen-bond donors (Lipinski definition) is 3. The zero-order valence-electron chi connectivity index (χ0n) is 26.4. The number of para-hydroxylation sites is 2. The molecule has 3 aromatic carbocycles. The molecule has 2 aliphatic heterocycles. The number of rotatable bonds is 13. The Morgan fingerprint density at radius 3 is 2.22 bits per heavy atom. The Hall–Kier alpha value is -4.29. The highest BCUT2D eigenvalue weighted by atomic mass is 16.8. The highest BCUT2D eigenvalue weighted by Gasteiger charge is 2.57. The predicted octanol–water partition coefficient (Wildman–Crippen LogP) is 4.06. The third-order valence-electron chi connectivity index (χ3n) is 7.80. The zero-order valence-corrected chi connectivity index (χ0v) is 26.4. The fraction of sp³-hybridized carbons (Fsp3) is 0.400. The Bertz CT molecular complexity index is 1500. The Morgan fingerprint density at radius 1 is 0.891 bits per heavy atom. The third-order valence-corrected chi connectivity index (χ3v) is 7.80. The van der Waals surface area contributed by atoms with Gasteiger partial charge in [-0.1, -0.05) is 74.5 Å². The van der Waals surface area contributed by atoms with E-state index in [9.17, 15) is 14.4 Å². The standard InChI is InChI=1S/C35H41N3O8/c1-21(2)28(38-32(40)24-17-11-12-18-26(24)43-23-15-9-6-10-16-23)33(41)37-25(19-27(36)39)29-30(42-20-22-13-7-5-8-14-22)31-34(44-29)46-35(3,4)45-31/h5-18,21,25,28-31,34H,19-20H2,1-4H3,(H2,36,39)(H,37,41)(H,38,40)/t25-,28+,29-,30+,31-,34-/m1/s1. The van der Waals surface area contributed by atoms with Crippen molar-refractivity contribution in [2.24, 2.45) is 11.7 Å². The molecule has 4 N–H and O–H groups in total. The molecule has 2 fully saturated rings. The van der Waals surface area contributed by atoms with Crippen LogP contribution in [0.15, 0.2) is 84.9 Å². The molecule has 2 saturated heterocycles. The van der Waals surface area contributed by atoms with Crippen molar-refractivity contribution in [3.05, 3.63) is 96.1 Å². The summed E-state index contributed by atoms with van der Waals surface area (Å²) in [5.41, 5.74) is 6.83. The molecule has 46 heavy (non-hydrogen) atoms. The third kappa shape index (κ3) is 8.10. The largest absolute Gasteiger partial charge is 0.457 e. The summed E-state index contributed by atoms with van der Waals surface area (Å²) in [6, 6.07) is 23.6. The van der Waals surface area contributed by atoms with E-state index in [1.807, 2.05) is 62.4 Å². The Balaban J connectivity index is 1.34. The van der Waals surface area contributed by atoms with Crippen molar-refractivity contribution in [3.8, 4) is 11.5 Å². The fourth-order valence-corrected chi connectivity index (χ4v) is 5.64. The first kappa shape index (κ1) is 33.1. The average Bonchev–Trinajstić information content (AvgIpc) is 3.50. The van der Waals surface area contributed by atoms with Gasteiger partial charge in [-0.15, -0.1) is 0 Å². The number of carbonyl (C=O) groups excluding carboxylic acids is 3. The van der Waals surface area contributed by atoms with Gasteiger partial charge in [0.25, 0.3) is 5.91 Å². The number of ether oxygens (including phenoxy) is 5. The normalized spacial score (nSPS) is 22.9. The first-order valence-corrected chi connectivity index (χ1v) is 15.4. The van der Waals surface area contributed by atoms with Crippen LogP contribution in [0.5, 0.6) is 11.5 Å². The second-order valence-electron chi connectivity index (χ2n) is 12.2. The molecule has 3 amide bonds. The molecule has 11 heteroatoms. The fourth-order valence-electron chi connectivity index (χ4n) is 5.64. The monoisotopic (exact) mass is 631 g/mol. The van der Waals surface area contributed by atoms with Gasteiger partial charge in [0, 0.05) is 6.42 Å². The van der Waals surface area contributed by atoms with Crippen LogP contribution < -0.4 is 21.1 Å². The molecule has 0 aliphatic carbocycles. The Labute approximate surface area is 268 Å². The van der Waals surface area contributed by atoms with Crippen LogP contribution >= 0.6 is 0 Å². The number of hydrogen-bond acceptors (Lipinski definition) is 8. The molecule has 244 valence electrons. The molecule has 0 unspecified atom stereocenters. The minimum atomic E-state index is -0.969. The molecule has 5 rings (SSSR count). The van der Waals surface area contributed by atoms with Gasteiger partial charge in [-0.2, -0.15) is 0 Å². The van der Waals surface area contributed by atoms with Gasteiger partial charge in [0.05, 0.1) is 18.2 Å². The van der Waals surface area contributed by atoms with E-state index in [0.717, 1.165) is 5.56 Å². The van der Waals surface area contributed by atoms with Crippen molar-refractivity contribution in [1.29, 1.82) is 0 Å². The molecule has 2 aliphatic rings. The number of nitrogens with one attached hydrogen (secondary N) is 2. The van der Waals surface area contributed by atoms with E-state index in [1.54, 1.807) is 50.2 Å². The maximum atomic E-state index is 13.8. The SMILES string of the molecule is CC(C)[C@H](NC(=O)c1ccccc1Oc1ccccc1)C(=O)N[C@H](CC(N)=O)[C@H]1O[C@@H]2OC(C)(C)O[C@@H]2[C@H]1OCc1ccccc1. The molecule has 3 aromatic rings. The smallest absolute Gasteiger partial charge is 0.255 e. The number of fused-ring (bicyclic) bond motifs is 1. The number of primary amides is 1. The van der Waals surface area contributed by atoms with Gasteiger partial charge in [-0.3, -0.25) is 14.4 Å². The summed E-state index contributed by atoms with van der Waals surface area (Å²) in [5, 5.41) is 5.77. The van der Waals surface area contributed by atoms with Crippen molar-refractivity contribution in [3.63, 3.8) is 0 Å². The van der Waals surface area contributed by atoms with Gasteiger partial charge >= 0.3 is 0 Å². The van der Waals surface area contributed by atoms with Gasteiger partial charge in [0.1, 0.15) is 35.9 Å². The van der Waals surface area contributed by atoms with Crippen LogP contribution in [-0.2, 0) is 35.1 Å². The molecule has 2 heterocycles. The highest BCUT2D eigenvalue weighted by molar-refractivity contribution is 6.00. The van der Waals surface area contributed by atoms with E-state index in [2.05, 4.69) is 10.6 Å². The maximum absolute atomic E-state index is 13.8. The van der Waals surface area contributed by atoms with Crippen molar-refractivity contribution >= 4 is 17.7 Å². The quantitative estimate of drug-likeness (QED) is 0.256. The van der Waals surface area contributed by atoms with Crippen LogP contribution in [0.4, 0.5) is 0 Å². The molecule has 0 aromatic heterocycles. The van der Waals surface area contributed by atoms with E-state index in [1.165, 1.54) is 0 Å². The van der Waals surface area contributed by atoms with Gasteiger partial charge in [-0.25, -0.2) is 0 Å². The lowest BCUT2D eigenvalue weighted by atomic mass is 9.97. The summed E-state index contributed by atoms with van der Waals surface area (Å²) in [6.07, 6.45) is -3.18. The molecule has 0 saturated carbocycles. The van der Waals surface area contributed by atoms with Crippen LogP contribution in [0, 0.1) is 5.92 Å². The minimum Gasteiger partial charge on any atom is -0.457 e. The zero-order chi connectivity index (χ0) is 32.8. The predicted molar refractivity (Wildman–Crippen MR) is 169 cm³/mol. The van der Waals surface area contributed by atoms with E-state index in [-0.39, 0.29) is 24.5 Å². The first-order chi connectivity index (χ1) is 22.0. The lowest BCUT2D eigenvalue weighted by Crippen LogP contribution is -2.57.